The van der Waals surface area contributed by atoms with Gasteiger partial charge in [-0.25, -0.2) is 4.79 Å². The van der Waals surface area contributed by atoms with Gasteiger partial charge in [0.15, 0.2) is 0 Å². The monoisotopic (exact) mass is 312 g/mol. The Morgan fingerprint density at radius 3 is 2.74 bits per heavy atom. The Balaban J connectivity index is 1.72. The molecule has 0 spiro atoms. The Morgan fingerprint density at radius 1 is 1.22 bits per heavy atom. The largest absolute Gasteiger partial charge is 0.478 e. The van der Waals surface area contributed by atoms with E-state index in [1.807, 2.05) is 13.0 Å². The van der Waals surface area contributed by atoms with Crippen molar-refractivity contribution in [2.75, 3.05) is 0 Å². The molecule has 3 aliphatic carbocycles. The highest BCUT2D eigenvalue weighted by Gasteiger charge is 2.53. The molecule has 0 amide bonds. The Bertz CT molecular complexity index is 662. The van der Waals surface area contributed by atoms with Gasteiger partial charge in [0.25, 0.3) is 0 Å². The lowest BCUT2D eigenvalue weighted by Gasteiger charge is -2.50. The zero-order chi connectivity index (χ0) is 16.4. The van der Waals surface area contributed by atoms with Gasteiger partial charge >= 0.3 is 5.97 Å². The van der Waals surface area contributed by atoms with Crippen molar-refractivity contribution in [2.24, 2.45) is 23.2 Å². The topological polar surface area (TPSA) is 37.3 Å². The van der Waals surface area contributed by atoms with Crippen LogP contribution in [0.1, 0.15) is 78.9 Å². The number of hydrogen-bond acceptors (Lipinski definition) is 1. The summed E-state index contributed by atoms with van der Waals surface area (Å²) in [7, 11) is 0. The number of hydrogen-bond donors (Lipinski definition) is 1. The van der Waals surface area contributed by atoms with Crippen molar-refractivity contribution < 1.29 is 9.90 Å². The Morgan fingerprint density at radius 2 is 2.00 bits per heavy atom. The molecule has 1 N–H and O–H groups in total. The lowest BCUT2D eigenvalue weighted by Crippen LogP contribution is -2.41. The molecule has 2 nitrogen and oxygen atoms in total. The summed E-state index contributed by atoms with van der Waals surface area (Å²) in [5, 5.41) is 9.39. The molecule has 4 rings (SSSR count). The maximum absolute atomic E-state index is 11.4. The Kier molecular flexibility index (Phi) is 3.37. The minimum absolute atomic E-state index is 0.498. The number of benzene rings is 1. The van der Waals surface area contributed by atoms with E-state index in [0.29, 0.717) is 16.9 Å². The highest BCUT2D eigenvalue weighted by atomic mass is 16.4. The van der Waals surface area contributed by atoms with E-state index in [1.165, 1.54) is 43.2 Å². The zero-order valence-electron chi connectivity index (χ0n) is 14.6. The van der Waals surface area contributed by atoms with E-state index >= 15 is 0 Å². The molecule has 2 fully saturated rings. The SMILES string of the molecule is Cc1cc2c(cc1C(=O)O)CCC1C2CC[C@]2(C)C(C)CCC12. The van der Waals surface area contributed by atoms with Crippen molar-refractivity contribution in [3.05, 3.63) is 34.4 Å². The summed E-state index contributed by atoms with van der Waals surface area (Å²) in [6, 6.07) is 4.17. The molecule has 23 heavy (non-hydrogen) atoms. The van der Waals surface area contributed by atoms with E-state index in [0.717, 1.165) is 29.7 Å². The quantitative estimate of drug-likeness (QED) is 0.775. The molecule has 0 heterocycles. The first-order valence-electron chi connectivity index (χ1n) is 9.28. The molecule has 1 aromatic carbocycles. The number of carbonyl (C=O) groups is 1. The maximum Gasteiger partial charge on any atom is 0.335 e. The van der Waals surface area contributed by atoms with Gasteiger partial charge in [-0.2, -0.15) is 0 Å². The van der Waals surface area contributed by atoms with Crippen molar-refractivity contribution in [3.8, 4) is 0 Å². The van der Waals surface area contributed by atoms with E-state index in [4.69, 9.17) is 0 Å². The number of carboxylic acids is 1. The van der Waals surface area contributed by atoms with Crippen LogP contribution in [0, 0.1) is 30.1 Å². The normalized spacial score (nSPS) is 38.6. The van der Waals surface area contributed by atoms with Crippen LogP contribution in [0.4, 0.5) is 0 Å². The third kappa shape index (κ3) is 2.10. The summed E-state index contributed by atoms with van der Waals surface area (Å²) in [5.41, 5.74) is 4.77. The molecule has 2 saturated carbocycles. The fourth-order valence-corrected chi connectivity index (χ4v) is 6.23. The van der Waals surface area contributed by atoms with Crippen molar-refractivity contribution in [3.63, 3.8) is 0 Å². The van der Waals surface area contributed by atoms with Crippen LogP contribution in [0.3, 0.4) is 0 Å². The van der Waals surface area contributed by atoms with Gasteiger partial charge in [-0.05, 0) is 97.3 Å². The standard InChI is InChI=1S/C21H28O2/c1-12-10-18-14(11-17(12)20(22)23)5-6-16-15(18)8-9-21(3)13(2)4-7-19(16)21/h10-11,13,15-16,19H,4-9H2,1-3H3,(H,22,23)/t13?,15?,16?,19?,21-/m1/s1. The van der Waals surface area contributed by atoms with Crippen LogP contribution in [0.15, 0.2) is 12.1 Å². The third-order valence-corrected chi connectivity index (χ3v) is 7.77. The lowest BCUT2D eigenvalue weighted by atomic mass is 9.54. The summed E-state index contributed by atoms with van der Waals surface area (Å²) >= 11 is 0. The van der Waals surface area contributed by atoms with Gasteiger partial charge < -0.3 is 5.11 Å². The van der Waals surface area contributed by atoms with Crippen molar-refractivity contribution in [1.82, 2.24) is 0 Å². The molecule has 5 atom stereocenters. The molecule has 0 aliphatic heterocycles. The van der Waals surface area contributed by atoms with E-state index in [9.17, 15) is 9.90 Å². The predicted octanol–water partition coefficient (Wildman–Crippen LogP) is 5.19. The number of aryl methyl sites for hydroxylation is 2. The molecule has 0 bridgehead atoms. The van der Waals surface area contributed by atoms with Gasteiger partial charge in [-0.1, -0.05) is 19.9 Å². The van der Waals surface area contributed by atoms with Crippen LogP contribution in [0.5, 0.6) is 0 Å². The molecule has 0 radical (unpaired) electrons. The number of carboxylic acid groups (broad SMARTS) is 1. The van der Waals surface area contributed by atoms with Gasteiger partial charge in [0.1, 0.15) is 0 Å². The van der Waals surface area contributed by atoms with Gasteiger partial charge in [-0.3, -0.25) is 0 Å². The first kappa shape index (κ1) is 15.2. The fraction of sp³-hybridized carbons (Fsp3) is 0.667. The second-order valence-electron chi connectivity index (χ2n) is 8.61. The summed E-state index contributed by atoms with van der Waals surface area (Å²) in [5.74, 6) is 2.45. The highest BCUT2D eigenvalue weighted by molar-refractivity contribution is 5.89. The van der Waals surface area contributed by atoms with E-state index in [-0.39, 0.29) is 0 Å². The van der Waals surface area contributed by atoms with Crippen molar-refractivity contribution in [1.29, 1.82) is 0 Å². The second kappa shape index (κ2) is 5.09. The van der Waals surface area contributed by atoms with Crippen LogP contribution in [-0.4, -0.2) is 11.1 Å². The summed E-state index contributed by atoms with van der Waals surface area (Å²) in [6.45, 7) is 6.96. The first-order chi connectivity index (χ1) is 10.9. The molecular formula is C21H28O2. The summed E-state index contributed by atoms with van der Waals surface area (Å²) in [6.07, 6.45) is 7.76. The summed E-state index contributed by atoms with van der Waals surface area (Å²) in [4.78, 5) is 11.4. The van der Waals surface area contributed by atoms with Crippen molar-refractivity contribution >= 4 is 5.97 Å². The van der Waals surface area contributed by atoms with Gasteiger partial charge in [0.05, 0.1) is 5.56 Å². The fourth-order valence-electron chi connectivity index (χ4n) is 6.23. The zero-order valence-corrected chi connectivity index (χ0v) is 14.6. The van der Waals surface area contributed by atoms with Crippen molar-refractivity contribution in [2.45, 2.75) is 65.2 Å². The number of fused-ring (bicyclic) bond motifs is 5. The molecule has 0 aromatic heterocycles. The third-order valence-electron chi connectivity index (χ3n) is 7.77. The molecule has 2 heteroatoms. The molecule has 124 valence electrons. The molecular weight excluding hydrogens is 284 g/mol. The smallest absolute Gasteiger partial charge is 0.335 e. The average Bonchev–Trinajstić information content (AvgIpc) is 2.82. The number of aromatic carboxylic acids is 1. The van der Waals surface area contributed by atoms with Crippen LogP contribution < -0.4 is 0 Å². The van der Waals surface area contributed by atoms with E-state index in [1.54, 1.807) is 0 Å². The van der Waals surface area contributed by atoms with E-state index < -0.39 is 5.97 Å². The minimum atomic E-state index is -0.784. The molecule has 4 unspecified atom stereocenters. The predicted molar refractivity (Wildman–Crippen MR) is 91.9 cm³/mol. The van der Waals surface area contributed by atoms with Crippen LogP contribution in [-0.2, 0) is 6.42 Å². The van der Waals surface area contributed by atoms with Gasteiger partial charge in [0, 0.05) is 0 Å². The Labute approximate surface area is 139 Å². The lowest BCUT2D eigenvalue weighted by molar-refractivity contribution is 0.0336. The molecule has 3 aliphatic rings. The highest BCUT2D eigenvalue weighted by Crippen LogP contribution is 2.62. The first-order valence-corrected chi connectivity index (χ1v) is 9.28. The number of rotatable bonds is 1. The summed E-state index contributed by atoms with van der Waals surface area (Å²) < 4.78 is 0. The van der Waals surface area contributed by atoms with Crippen LogP contribution >= 0.6 is 0 Å². The minimum Gasteiger partial charge on any atom is -0.478 e. The average molecular weight is 312 g/mol. The van der Waals surface area contributed by atoms with Crippen LogP contribution in [0.25, 0.3) is 0 Å². The molecule has 0 saturated heterocycles. The van der Waals surface area contributed by atoms with E-state index in [2.05, 4.69) is 19.9 Å². The second-order valence-corrected chi connectivity index (χ2v) is 8.61. The molecule has 1 aromatic rings. The van der Waals surface area contributed by atoms with Gasteiger partial charge in [0.2, 0.25) is 0 Å². The Hall–Kier alpha value is -1.31. The van der Waals surface area contributed by atoms with Crippen LogP contribution in [0.2, 0.25) is 0 Å². The maximum atomic E-state index is 11.4. The van der Waals surface area contributed by atoms with Gasteiger partial charge in [-0.15, -0.1) is 0 Å².